The number of anilines is 1. The van der Waals surface area contributed by atoms with Gasteiger partial charge < -0.3 is 14.8 Å². The normalized spacial score (nSPS) is 21.9. The van der Waals surface area contributed by atoms with E-state index >= 15 is 0 Å². The summed E-state index contributed by atoms with van der Waals surface area (Å²) in [6.45, 7) is 0.921. The number of carbonyl (C=O) groups is 4. The van der Waals surface area contributed by atoms with E-state index in [1.54, 1.807) is 24.3 Å². The summed E-state index contributed by atoms with van der Waals surface area (Å²) in [5.74, 6) is -2.20. The van der Waals surface area contributed by atoms with Gasteiger partial charge in [-0.25, -0.2) is 4.79 Å². The van der Waals surface area contributed by atoms with Crippen LogP contribution in [0.3, 0.4) is 0 Å². The first-order valence-electron chi connectivity index (χ1n) is 9.05. The SMILES string of the molecule is COc1ccc(NC(=O)COC(=O)[C@H](C)N2C(=O)[C@H]3CC=CC[C@H]3C2=O)cc1. The van der Waals surface area contributed by atoms with Crippen LogP contribution in [-0.2, 0) is 23.9 Å². The molecule has 1 heterocycles. The van der Waals surface area contributed by atoms with Gasteiger partial charge in [-0.1, -0.05) is 12.2 Å². The van der Waals surface area contributed by atoms with E-state index in [0.717, 1.165) is 4.90 Å². The molecule has 1 fully saturated rings. The third kappa shape index (κ3) is 3.90. The van der Waals surface area contributed by atoms with Crippen LogP contribution in [-0.4, -0.2) is 48.3 Å². The van der Waals surface area contributed by atoms with E-state index in [4.69, 9.17) is 9.47 Å². The van der Waals surface area contributed by atoms with Crippen molar-refractivity contribution in [3.05, 3.63) is 36.4 Å². The number of amides is 3. The van der Waals surface area contributed by atoms with Crippen molar-refractivity contribution in [2.45, 2.75) is 25.8 Å². The minimum Gasteiger partial charge on any atom is -0.497 e. The highest BCUT2D eigenvalue weighted by Gasteiger charge is 2.50. The topological polar surface area (TPSA) is 102 Å². The predicted molar refractivity (Wildman–Crippen MR) is 99.3 cm³/mol. The van der Waals surface area contributed by atoms with Crippen molar-refractivity contribution in [1.82, 2.24) is 4.90 Å². The average molecular weight is 386 g/mol. The summed E-state index contributed by atoms with van der Waals surface area (Å²) in [4.78, 5) is 50.2. The van der Waals surface area contributed by atoms with E-state index in [1.165, 1.54) is 14.0 Å². The molecule has 148 valence electrons. The number of allylic oxidation sites excluding steroid dienone is 2. The van der Waals surface area contributed by atoms with Gasteiger partial charge in [-0.05, 0) is 44.0 Å². The van der Waals surface area contributed by atoms with Crippen molar-refractivity contribution in [3.63, 3.8) is 0 Å². The first kappa shape index (κ1) is 19.6. The molecular formula is C20H22N2O6. The van der Waals surface area contributed by atoms with Crippen LogP contribution in [0, 0.1) is 11.8 Å². The van der Waals surface area contributed by atoms with E-state index in [1.807, 2.05) is 12.2 Å². The Kier molecular flexibility index (Phi) is 5.77. The minimum atomic E-state index is -1.07. The first-order valence-corrected chi connectivity index (χ1v) is 9.05. The summed E-state index contributed by atoms with van der Waals surface area (Å²) in [6.07, 6.45) is 4.75. The molecule has 3 rings (SSSR count). The Morgan fingerprint density at radius 1 is 1.11 bits per heavy atom. The van der Waals surface area contributed by atoms with Gasteiger partial charge in [-0.2, -0.15) is 0 Å². The zero-order chi connectivity index (χ0) is 20.3. The number of ether oxygens (including phenoxy) is 2. The van der Waals surface area contributed by atoms with Gasteiger partial charge in [0, 0.05) is 5.69 Å². The van der Waals surface area contributed by atoms with Crippen molar-refractivity contribution in [2.75, 3.05) is 19.0 Å². The maximum Gasteiger partial charge on any atom is 0.329 e. The largest absolute Gasteiger partial charge is 0.497 e. The summed E-state index contributed by atoms with van der Waals surface area (Å²) < 4.78 is 10.0. The number of benzene rings is 1. The summed E-state index contributed by atoms with van der Waals surface area (Å²) in [5, 5.41) is 2.59. The number of hydrogen-bond acceptors (Lipinski definition) is 6. The Labute approximate surface area is 162 Å². The second-order valence-corrected chi connectivity index (χ2v) is 6.76. The summed E-state index contributed by atoms with van der Waals surface area (Å²) in [5.41, 5.74) is 0.524. The zero-order valence-corrected chi connectivity index (χ0v) is 15.7. The Hall–Kier alpha value is -3.16. The molecule has 3 amide bonds. The smallest absolute Gasteiger partial charge is 0.329 e. The van der Waals surface area contributed by atoms with Crippen molar-refractivity contribution >= 4 is 29.4 Å². The fourth-order valence-corrected chi connectivity index (χ4v) is 3.44. The summed E-state index contributed by atoms with van der Waals surface area (Å²) in [7, 11) is 1.54. The van der Waals surface area contributed by atoms with Gasteiger partial charge >= 0.3 is 5.97 Å². The fourth-order valence-electron chi connectivity index (χ4n) is 3.44. The second kappa shape index (κ2) is 8.24. The maximum absolute atomic E-state index is 12.5. The predicted octanol–water partition coefficient (Wildman–Crippen LogP) is 1.52. The molecule has 1 N–H and O–H groups in total. The van der Waals surface area contributed by atoms with Gasteiger partial charge in [-0.3, -0.25) is 19.3 Å². The lowest BCUT2D eigenvalue weighted by molar-refractivity contribution is -0.159. The Morgan fingerprint density at radius 2 is 1.68 bits per heavy atom. The van der Waals surface area contributed by atoms with E-state index in [9.17, 15) is 19.2 Å². The van der Waals surface area contributed by atoms with Crippen molar-refractivity contribution < 1.29 is 28.7 Å². The van der Waals surface area contributed by atoms with Gasteiger partial charge in [0.05, 0.1) is 18.9 Å². The van der Waals surface area contributed by atoms with Gasteiger partial charge in [0.25, 0.3) is 5.91 Å². The van der Waals surface area contributed by atoms with Crippen LogP contribution in [0.1, 0.15) is 19.8 Å². The highest BCUT2D eigenvalue weighted by molar-refractivity contribution is 6.08. The van der Waals surface area contributed by atoms with Gasteiger partial charge in [0.2, 0.25) is 11.8 Å². The van der Waals surface area contributed by atoms with Crippen LogP contribution in [0.4, 0.5) is 5.69 Å². The molecular weight excluding hydrogens is 364 g/mol. The number of methoxy groups -OCH3 is 1. The highest BCUT2D eigenvalue weighted by atomic mass is 16.5. The van der Waals surface area contributed by atoms with Gasteiger partial charge in [-0.15, -0.1) is 0 Å². The molecule has 0 aromatic heterocycles. The van der Waals surface area contributed by atoms with Crippen LogP contribution < -0.4 is 10.1 Å². The lowest BCUT2D eigenvalue weighted by Gasteiger charge is -2.21. The van der Waals surface area contributed by atoms with Crippen molar-refractivity contribution in [2.24, 2.45) is 11.8 Å². The standard InChI is InChI=1S/C20H22N2O6/c1-12(22-18(24)15-5-3-4-6-16(15)19(22)25)20(26)28-11-17(23)21-13-7-9-14(27-2)10-8-13/h3-4,7-10,12,15-16H,5-6,11H2,1-2H3,(H,21,23)/t12-,15-,16+/m0/s1. The molecule has 1 saturated heterocycles. The lowest BCUT2D eigenvalue weighted by atomic mass is 9.85. The Bertz CT molecular complexity index is 790. The molecule has 28 heavy (non-hydrogen) atoms. The molecule has 1 aromatic rings. The maximum atomic E-state index is 12.5. The van der Waals surface area contributed by atoms with E-state index in [-0.39, 0.29) is 11.8 Å². The molecule has 2 aliphatic rings. The second-order valence-electron chi connectivity index (χ2n) is 6.76. The molecule has 1 aliphatic heterocycles. The van der Waals surface area contributed by atoms with Crippen LogP contribution in [0.5, 0.6) is 5.75 Å². The first-order chi connectivity index (χ1) is 13.4. The van der Waals surface area contributed by atoms with Gasteiger partial charge in [0.1, 0.15) is 11.8 Å². The van der Waals surface area contributed by atoms with E-state index in [2.05, 4.69) is 5.32 Å². The molecule has 1 aromatic carbocycles. The molecule has 0 unspecified atom stereocenters. The number of hydrogen-bond donors (Lipinski definition) is 1. The number of carbonyl (C=O) groups excluding carboxylic acids is 4. The third-order valence-electron chi connectivity index (χ3n) is 4.99. The molecule has 8 nitrogen and oxygen atoms in total. The summed E-state index contributed by atoms with van der Waals surface area (Å²) >= 11 is 0. The number of rotatable bonds is 6. The monoisotopic (exact) mass is 386 g/mol. The molecule has 0 saturated carbocycles. The number of imide groups is 1. The van der Waals surface area contributed by atoms with Crippen molar-refractivity contribution in [3.8, 4) is 5.75 Å². The van der Waals surface area contributed by atoms with Crippen LogP contribution in [0.15, 0.2) is 36.4 Å². The van der Waals surface area contributed by atoms with Crippen LogP contribution >= 0.6 is 0 Å². The van der Waals surface area contributed by atoms with Crippen LogP contribution in [0.25, 0.3) is 0 Å². The number of nitrogens with one attached hydrogen (secondary N) is 1. The molecule has 3 atom stereocenters. The summed E-state index contributed by atoms with van der Waals surface area (Å²) in [6, 6.07) is 5.60. The molecule has 0 radical (unpaired) electrons. The zero-order valence-electron chi connectivity index (χ0n) is 15.7. The quantitative estimate of drug-likeness (QED) is 0.452. The molecule has 0 bridgehead atoms. The Balaban J connectivity index is 1.53. The molecule has 0 spiro atoms. The highest BCUT2D eigenvalue weighted by Crippen LogP contribution is 2.36. The number of likely N-dealkylation sites (tertiary alicyclic amines) is 1. The molecule has 8 heteroatoms. The number of nitrogens with zero attached hydrogens (tertiary/aromatic N) is 1. The van der Waals surface area contributed by atoms with E-state index < -0.39 is 36.4 Å². The van der Waals surface area contributed by atoms with Crippen LogP contribution in [0.2, 0.25) is 0 Å². The minimum absolute atomic E-state index is 0.355. The van der Waals surface area contributed by atoms with E-state index in [0.29, 0.717) is 24.3 Å². The average Bonchev–Trinajstić information content (AvgIpc) is 2.97. The third-order valence-corrected chi connectivity index (χ3v) is 4.99. The lowest BCUT2D eigenvalue weighted by Crippen LogP contribution is -2.45. The fraction of sp³-hybridized carbons (Fsp3) is 0.400. The Morgan fingerprint density at radius 3 is 2.21 bits per heavy atom. The number of esters is 1. The van der Waals surface area contributed by atoms with Crippen molar-refractivity contribution in [1.29, 1.82) is 0 Å². The van der Waals surface area contributed by atoms with Gasteiger partial charge in [0.15, 0.2) is 6.61 Å². The molecule has 1 aliphatic carbocycles. The number of fused-ring (bicyclic) bond motifs is 1.